The van der Waals surface area contributed by atoms with Gasteiger partial charge in [-0.2, -0.15) is 0 Å². The normalized spacial score (nSPS) is 11.1. The van der Waals surface area contributed by atoms with Crippen LogP contribution in [0, 0.1) is 6.92 Å². The van der Waals surface area contributed by atoms with E-state index in [4.69, 9.17) is 0 Å². The van der Waals surface area contributed by atoms with E-state index >= 15 is 0 Å². The highest BCUT2D eigenvalue weighted by atomic mass is 16.3. The maximum Gasteiger partial charge on any atom is 0.115 e. The van der Waals surface area contributed by atoms with Gasteiger partial charge in [-0.15, -0.1) is 0 Å². The van der Waals surface area contributed by atoms with Gasteiger partial charge in [-0.1, -0.05) is 24.3 Å². The van der Waals surface area contributed by atoms with Gasteiger partial charge in [0.15, 0.2) is 0 Å². The number of nitrogens with zero attached hydrogens (tertiary/aromatic N) is 2. The van der Waals surface area contributed by atoms with Crippen LogP contribution in [0.25, 0.3) is 11.0 Å². The number of phenolic OH excluding ortho intramolecular Hbond substituents is 1. The average Bonchev–Trinajstić information content (AvgIpc) is 2.68. The Morgan fingerprint density at radius 1 is 1.16 bits per heavy atom. The summed E-state index contributed by atoms with van der Waals surface area (Å²) < 4.78 is 2.13. The zero-order valence-corrected chi connectivity index (χ0v) is 11.1. The highest BCUT2D eigenvalue weighted by molar-refractivity contribution is 5.79. The van der Waals surface area contributed by atoms with Gasteiger partial charge in [-0.25, -0.2) is 4.98 Å². The first kappa shape index (κ1) is 11.8. The van der Waals surface area contributed by atoms with Crippen molar-refractivity contribution in [1.82, 2.24) is 9.55 Å². The van der Waals surface area contributed by atoms with Gasteiger partial charge in [0, 0.05) is 13.5 Å². The minimum Gasteiger partial charge on any atom is -0.508 e. The number of hydrogen-bond acceptors (Lipinski definition) is 2. The molecule has 0 aliphatic heterocycles. The van der Waals surface area contributed by atoms with Crippen molar-refractivity contribution in [3.63, 3.8) is 0 Å². The molecule has 3 rings (SSSR count). The molecule has 0 fully saturated rings. The van der Waals surface area contributed by atoms with Crippen molar-refractivity contribution in [3.05, 3.63) is 59.4 Å². The van der Waals surface area contributed by atoms with Crippen LogP contribution in [0.5, 0.6) is 5.75 Å². The molecule has 3 nitrogen and oxygen atoms in total. The number of phenols is 1. The maximum absolute atomic E-state index is 9.52. The Bertz CT molecular complexity index is 744. The van der Waals surface area contributed by atoms with E-state index < -0.39 is 0 Å². The number of rotatable bonds is 2. The smallest absolute Gasteiger partial charge is 0.115 e. The van der Waals surface area contributed by atoms with E-state index in [9.17, 15) is 5.11 Å². The van der Waals surface area contributed by atoms with Crippen LogP contribution in [-0.2, 0) is 13.5 Å². The number of hydrogen-bond donors (Lipinski definition) is 1. The molecule has 1 N–H and O–H groups in total. The molecule has 2 aromatic carbocycles. The van der Waals surface area contributed by atoms with Crippen LogP contribution < -0.4 is 0 Å². The van der Waals surface area contributed by atoms with Gasteiger partial charge in [-0.3, -0.25) is 0 Å². The molecule has 0 aliphatic carbocycles. The minimum atomic E-state index is 0.299. The van der Waals surface area contributed by atoms with Crippen molar-refractivity contribution in [3.8, 4) is 5.75 Å². The Morgan fingerprint density at radius 2 is 1.95 bits per heavy atom. The van der Waals surface area contributed by atoms with Crippen LogP contribution in [0.15, 0.2) is 42.5 Å². The van der Waals surface area contributed by atoms with E-state index in [1.54, 1.807) is 12.1 Å². The fraction of sp³-hybridized carbons (Fsp3) is 0.188. The van der Waals surface area contributed by atoms with E-state index in [1.165, 1.54) is 11.1 Å². The molecule has 0 aliphatic rings. The lowest BCUT2D eigenvalue weighted by Gasteiger charge is -2.04. The summed E-state index contributed by atoms with van der Waals surface area (Å²) in [5.74, 6) is 1.31. The number of benzene rings is 2. The lowest BCUT2D eigenvalue weighted by Crippen LogP contribution is -1.99. The molecule has 0 spiro atoms. The standard InChI is InChI=1S/C16H16N2O/c1-11-5-3-8-14-16(11)18(2)15(17-14)10-12-6-4-7-13(19)9-12/h3-9,19H,10H2,1-2H3. The Kier molecular flexibility index (Phi) is 2.75. The van der Waals surface area contributed by atoms with Crippen LogP contribution in [0.1, 0.15) is 17.0 Å². The first-order valence-corrected chi connectivity index (χ1v) is 6.34. The Morgan fingerprint density at radius 3 is 2.68 bits per heavy atom. The van der Waals surface area contributed by atoms with Gasteiger partial charge in [0.05, 0.1) is 11.0 Å². The van der Waals surface area contributed by atoms with Crippen molar-refractivity contribution in [1.29, 1.82) is 0 Å². The Balaban J connectivity index is 2.06. The molecule has 0 amide bonds. The van der Waals surface area contributed by atoms with Crippen molar-refractivity contribution in [2.75, 3.05) is 0 Å². The SMILES string of the molecule is Cc1cccc2nc(Cc3cccc(O)c3)n(C)c12. The predicted octanol–water partition coefficient (Wildman–Crippen LogP) is 3.18. The molecule has 0 saturated heterocycles. The lowest BCUT2D eigenvalue weighted by molar-refractivity contribution is 0.474. The number of aryl methyl sites for hydroxylation is 2. The fourth-order valence-electron chi connectivity index (χ4n) is 2.52. The summed E-state index contributed by atoms with van der Waals surface area (Å²) in [5.41, 5.74) is 4.50. The second kappa shape index (κ2) is 4.43. The largest absolute Gasteiger partial charge is 0.508 e. The van der Waals surface area contributed by atoms with Gasteiger partial charge in [0.1, 0.15) is 11.6 Å². The molecular formula is C16H16N2O. The molecule has 19 heavy (non-hydrogen) atoms. The van der Waals surface area contributed by atoms with Crippen molar-refractivity contribution < 1.29 is 5.11 Å². The highest BCUT2D eigenvalue weighted by Crippen LogP contribution is 2.21. The number of fused-ring (bicyclic) bond motifs is 1. The van der Waals surface area contributed by atoms with Crippen LogP contribution in [0.4, 0.5) is 0 Å². The maximum atomic E-state index is 9.52. The molecule has 1 aromatic heterocycles. The van der Waals surface area contributed by atoms with Crippen molar-refractivity contribution >= 4 is 11.0 Å². The third kappa shape index (κ3) is 2.08. The van der Waals surface area contributed by atoms with Crippen LogP contribution in [0.2, 0.25) is 0 Å². The Labute approximate surface area is 112 Å². The first-order chi connectivity index (χ1) is 9.15. The number of para-hydroxylation sites is 1. The monoisotopic (exact) mass is 252 g/mol. The Hall–Kier alpha value is -2.29. The summed E-state index contributed by atoms with van der Waals surface area (Å²) in [7, 11) is 2.04. The average molecular weight is 252 g/mol. The molecule has 1 heterocycles. The van der Waals surface area contributed by atoms with Crippen molar-refractivity contribution in [2.45, 2.75) is 13.3 Å². The van der Waals surface area contributed by atoms with E-state index in [1.807, 2.05) is 31.3 Å². The summed E-state index contributed by atoms with van der Waals surface area (Å²) in [5, 5.41) is 9.52. The summed E-state index contributed by atoms with van der Waals surface area (Å²) in [6.45, 7) is 2.10. The van der Waals surface area contributed by atoms with E-state index in [0.29, 0.717) is 5.75 Å². The van der Waals surface area contributed by atoms with Gasteiger partial charge in [0.2, 0.25) is 0 Å². The predicted molar refractivity (Wildman–Crippen MR) is 76.4 cm³/mol. The van der Waals surface area contributed by atoms with Gasteiger partial charge in [0.25, 0.3) is 0 Å². The molecule has 3 heteroatoms. The lowest BCUT2D eigenvalue weighted by atomic mass is 10.1. The minimum absolute atomic E-state index is 0.299. The summed E-state index contributed by atoms with van der Waals surface area (Å²) in [6, 6.07) is 13.5. The quantitative estimate of drug-likeness (QED) is 0.760. The number of aromatic nitrogens is 2. The third-order valence-electron chi connectivity index (χ3n) is 3.46. The third-order valence-corrected chi connectivity index (χ3v) is 3.46. The molecule has 0 saturated carbocycles. The number of imidazole rings is 1. The van der Waals surface area contributed by atoms with Crippen LogP contribution in [-0.4, -0.2) is 14.7 Å². The van der Waals surface area contributed by atoms with Gasteiger partial charge < -0.3 is 9.67 Å². The van der Waals surface area contributed by atoms with Crippen LogP contribution >= 0.6 is 0 Å². The molecule has 0 bridgehead atoms. The summed E-state index contributed by atoms with van der Waals surface area (Å²) >= 11 is 0. The number of aromatic hydroxyl groups is 1. The van der Waals surface area contributed by atoms with Crippen molar-refractivity contribution in [2.24, 2.45) is 7.05 Å². The molecular weight excluding hydrogens is 236 g/mol. The molecule has 96 valence electrons. The van der Waals surface area contributed by atoms with Gasteiger partial charge >= 0.3 is 0 Å². The second-order valence-electron chi connectivity index (χ2n) is 4.88. The zero-order valence-electron chi connectivity index (χ0n) is 11.1. The first-order valence-electron chi connectivity index (χ1n) is 6.34. The van der Waals surface area contributed by atoms with E-state index in [0.717, 1.165) is 23.3 Å². The van der Waals surface area contributed by atoms with Crippen LogP contribution in [0.3, 0.4) is 0 Å². The highest BCUT2D eigenvalue weighted by Gasteiger charge is 2.10. The molecule has 3 aromatic rings. The molecule has 0 atom stereocenters. The summed E-state index contributed by atoms with van der Waals surface area (Å²) in [6.07, 6.45) is 0.721. The van der Waals surface area contributed by atoms with E-state index in [2.05, 4.69) is 22.5 Å². The zero-order chi connectivity index (χ0) is 13.4. The fourth-order valence-corrected chi connectivity index (χ4v) is 2.52. The summed E-state index contributed by atoms with van der Waals surface area (Å²) in [4.78, 5) is 4.68. The van der Waals surface area contributed by atoms with Gasteiger partial charge in [-0.05, 0) is 36.2 Å². The molecule has 0 unspecified atom stereocenters. The topological polar surface area (TPSA) is 38.1 Å². The second-order valence-corrected chi connectivity index (χ2v) is 4.88. The molecule has 0 radical (unpaired) electrons. The van der Waals surface area contributed by atoms with E-state index in [-0.39, 0.29) is 0 Å².